The van der Waals surface area contributed by atoms with Crippen LogP contribution in [0, 0.1) is 5.82 Å². The number of halogens is 1. The molecule has 0 saturated heterocycles. The highest BCUT2D eigenvalue weighted by Gasteiger charge is 2.28. The lowest BCUT2D eigenvalue weighted by Gasteiger charge is -2.20. The van der Waals surface area contributed by atoms with E-state index in [0.717, 1.165) is 24.1 Å². The van der Waals surface area contributed by atoms with Crippen LogP contribution >= 0.6 is 0 Å². The van der Waals surface area contributed by atoms with E-state index in [1.165, 1.54) is 23.4 Å². The van der Waals surface area contributed by atoms with Gasteiger partial charge in [-0.05, 0) is 60.3 Å². The molecule has 0 aliphatic carbocycles. The minimum Gasteiger partial charge on any atom is -0.478 e. The van der Waals surface area contributed by atoms with Gasteiger partial charge in [-0.15, -0.1) is 0 Å². The zero-order valence-electron chi connectivity index (χ0n) is 15.6. The summed E-state index contributed by atoms with van der Waals surface area (Å²) in [4.78, 5) is 17.7. The van der Waals surface area contributed by atoms with Crippen LogP contribution < -0.4 is 0 Å². The first kappa shape index (κ1) is 18.3. The number of nitrogens with zero attached hydrogens (tertiary/aromatic N) is 2. The molecular formula is C23H21FN2O2. The van der Waals surface area contributed by atoms with Crippen LogP contribution in [0.5, 0.6) is 0 Å². The number of hydrogen-bond acceptors (Lipinski definition) is 3. The number of carboxylic acids is 1. The predicted molar refractivity (Wildman–Crippen MR) is 106 cm³/mol. The zero-order valence-corrected chi connectivity index (χ0v) is 15.6. The molecule has 0 radical (unpaired) electrons. The van der Waals surface area contributed by atoms with Crippen molar-refractivity contribution in [3.8, 4) is 11.1 Å². The van der Waals surface area contributed by atoms with Gasteiger partial charge in [-0.2, -0.15) is 0 Å². The molecule has 2 aromatic carbocycles. The largest absolute Gasteiger partial charge is 0.478 e. The molecule has 2 heterocycles. The van der Waals surface area contributed by atoms with E-state index in [1.807, 2.05) is 12.1 Å². The number of pyridine rings is 1. The number of carbonyl (C=O) groups is 1. The Labute approximate surface area is 163 Å². The molecule has 142 valence electrons. The van der Waals surface area contributed by atoms with Gasteiger partial charge in [-0.1, -0.05) is 30.3 Å². The van der Waals surface area contributed by atoms with E-state index in [-0.39, 0.29) is 11.9 Å². The fourth-order valence-electron chi connectivity index (χ4n) is 4.05. The van der Waals surface area contributed by atoms with E-state index in [0.29, 0.717) is 17.5 Å². The van der Waals surface area contributed by atoms with Gasteiger partial charge in [-0.3, -0.25) is 9.88 Å². The van der Waals surface area contributed by atoms with E-state index in [9.17, 15) is 14.3 Å². The van der Waals surface area contributed by atoms with Gasteiger partial charge in [0.05, 0.1) is 5.56 Å². The summed E-state index contributed by atoms with van der Waals surface area (Å²) in [7, 11) is 2.06. The highest BCUT2D eigenvalue weighted by molar-refractivity contribution is 5.89. The van der Waals surface area contributed by atoms with Crippen LogP contribution in [0.2, 0.25) is 0 Å². The number of aromatic nitrogens is 1. The monoisotopic (exact) mass is 376 g/mol. The van der Waals surface area contributed by atoms with Gasteiger partial charge in [0.1, 0.15) is 5.82 Å². The summed E-state index contributed by atoms with van der Waals surface area (Å²) in [5, 5.41) is 9.36. The summed E-state index contributed by atoms with van der Waals surface area (Å²) in [6.07, 6.45) is 4.59. The third-order valence-electron chi connectivity index (χ3n) is 5.46. The molecule has 3 aromatic rings. The Bertz CT molecular complexity index is 1030. The summed E-state index contributed by atoms with van der Waals surface area (Å²) in [6.45, 7) is 0.793. The van der Waals surface area contributed by atoms with Crippen molar-refractivity contribution in [2.75, 3.05) is 7.05 Å². The first-order chi connectivity index (χ1) is 13.5. The number of aryl methyl sites for hydroxylation is 1. The van der Waals surface area contributed by atoms with Gasteiger partial charge in [0.15, 0.2) is 0 Å². The molecule has 0 fully saturated rings. The highest BCUT2D eigenvalue weighted by Crippen LogP contribution is 2.38. The van der Waals surface area contributed by atoms with Gasteiger partial charge in [0.2, 0.25) is 0 Å². The first-order valence-corrected chi connectivity index (χ1v) is 9.28. The van der Waals surface area contributed by atoms with Crippen molar-refractivity contribution in [2.45, 2.75) is 25.4 Å². The molecule has 5 heteroatoms. The standard InChI is InChI=1S/C23H21FN2O2/c1-26-14-17-12-15(18-4-2-3-5-21(18)24)6-8-19(17)22(26)9-7-16-13-25-11-10-20(16)23(27)28/h2-6,8,10-13,22H,7,9,14H2,1H3,(H,27,28)/t22-/m1/s1. The van der Waals surface area contributed by atoms with Crippen LogP contribution in [0.3, 0.4) is 0 Å². The Balaban J connectivity index is 1.58. The molecule has 4 nitrogen and oxygen atoms in total. The van der Waals surface area contributed by atoms with Gasteiger partial charge < -0.3 is 5.11 Å². The van der Waals surface area contributed by atoms with Gasteiger partial charge in [-0.25, -0.2) is 9.18 Å². The van der Waals surface area contributed by atoms with Gasteiger partial charge >= 0.3 is 5.97 Å². The van der Waals surface area contributed by atoms with E-state index in [1.54, 1.807) is 24.4 Å². The van der Waals surface area contributed by atoms with Crippen LogP contribution in [0.25, 0.3) is 11.1 Å². The van der Waals surface area contributed by atoms with Gasteiger partial charge in [0.25, 0.3) is 0 Å². The molecule has 1 aromatic heterocycles. The number of fused-ring (bicyclic) bond motifs is 1. The molecule has 28 heavy (non-hydrogen) atoms. The Morgan fingerprint density at radius 1 is 1.25 bits per heavy atom. The molecule has 0 saturated carbocycles. The van der Waals surface area contributed by atoms with Crippen molar-refractivity contribution < 1.29 is 14.3 Å². The SMILES string of the molecule is CN1Cc2cc(-c3ccccc3F)ccc2[C@H]1CCc1cnccc1C(=O)O. The minimum atomic E-state index is -0.924. The van der Waals surface area contributed by atoms with Crippen molar-refractivity contribution in [3.05, 3.63) is 89.0 Å². The van der Waals surface area contributed by atoms with Crippen LogP contribution in [0.15, 0.2) is 60.9 Å². The van der Waals surface area contributed by atoms with Crippen LogP contribution in [0.1, 0.15) is 39.5 Å². The number of rotatable bonds is 5. The molecular weight excluding hydrogens is 355 g/mol. The highest BCUT2D eigenvalue weighted by atomic mass is 19.1. The average molecular weight is 376 g/mol. The lowest BCUT2D eigenvalue weighted by atomic mass is 9.94. The number of aromatic carboxylic acids is 1. The third kappa shape index (κ3) is 3.41. The third-order valence-corrected chi connectivity index (χ3v) is 5.46. The Hall–Kier alpha value is -3.05. The van der Waals surface area contributed by atoms with E-state index in [2.05, 4.69) is 29.1 Å². The van der Waals surface area contributed by atoms with Gasteiger partial charge in [0, 0.05) is 30.5 Å². The molecule has 1 aliphatic rings. The molecule has 1 atom stereocenters. The fraction of sp³-hybridized carbons (Fsp3) is 0.217. The van der Waals surface area contributed by atoms with Crippen LogP contribution in [0.4, 0.5) is 4.39 Å². The summed E-state index contributed by atoms with van der Waals surface area (Å²) in [5.74, 6) is -1.14. The lowest BCUT2D eigenvalue weighted by Crippen LogP contribution is -2.17. The van der Waals surface area contributed by atoms with Crippen molar-refractivity contribution in [2.24, 2.45) is 0 Å². The van der Waals surface area contributed by atoms with Crippen molar-refractivity contribution in [1.82, 2.24) is 9.88 Å². The lowest BCUT2D eigenvalue weighted by molar-refractivity contribution is 0.0695. The summed E-state index contributed by atoms with van der Waals surface area (Å²) in [6, 6.07) is 14.7. The molecule has 1 aliphatic heterocycles. The summed E-state index contributed by atoms with van der Waals surface area (Å²) < 4.78 is 14.1. The number of hydrogen-bond donors (Lipinski definition) is 1. The van der Waals surface area contributed by atoms with Crippen LogP contribution in [-0.4, -0.2) is 28.0 Å². The van der Waals surface area contributed by atoms with Crippen molar-refractivity contribution in [3.63, 3.8) is 0 Å². The zero-order chi connectivity index (χ0) is 19.7. The first-order valence-electron chi connectivity index (χ1n) is 9.28. The van der Waals surface area contributed by atoms with Crippen molar-refractivity contribution >= 4 is 5.97 Å². The number of carboxylic acid groups (broad SMARTS) is 1. The topological polar surface area (TPSA) is 53.4 Å². The summed E-state index contributed by atoms with van der Waals surface area (Å²) >= 11 is 0. The summed E-state index contributed by atoms with van der Waals surface area (Å²) in [5.41, 5.74) is 4.97. The van der Waals surface area contributed by atoms with E-state index in [4.69, 9.17) is 0 Å². The molecule has 1 N–H and O–H groups in total. The normalized spacial score (nSPS) is 16.1. The quantitative estimate of drug-likeness (QED) is 0.701. The second-order valence-corrected chi connectivity index (χ2v) is 7.20. The predicted octanol–water partition coefficient (Wildman–Crippen LogP) is 4.71. The Kier molecular flexibility index (Phi) is 4.92. The molecule has 4 rings (SSSR count). The Morgan fingerprint density at radius 2 is 2.07 bits per heavy atom. The van der Waals surface area contributed by atoms with E-state index < -0.39 is 5.97 Å². The maximum absolute atomic E-state index is 14.1. The second-order valence-electron chi connectivity index (χ2n) is 7.20. The second kappa shape index (κ2) is 7.52. The molecule has 0 spiro atoms. The molecule has 0 bridgehead atoms. The maximum Gasteiger partial charge on any atom is 0.336 e. The smallest absolute Gasteiger partial charge is 0.336 e. The average Bonchev–Trinajstić information content (AvgIpc) is 3.01. The fourth-order valence-corrected chi connectivity index (χ4v) is 4.05. The molecule has 0 unspecified atom stereocenters. The minimum absolute atomic E-state index is 0.200. The number of benzene rings is 2. The van der Waals surface area contributed by atoms with Crippen molar-refractivity contribution in [1.29, 1.82) is 0 Å². The molecule has 0 amide bonds. The Morgan fingerprint density at radius 3 is 2.86 bits per heavy atom. The maximum atomic E-state index is 14.1. The van der Waals surface area contributed by atoms with Crippen LogP contribution in [-0.2, 0) is 13.0 Å². The van der Waals surface area contributed by atoms with E-state index >= 15 is 0 Å².